The number of carboxylic acid groups (broad SMARTS) is 1. The van der Waals surface area contributed by atoms with Gasteiger partial charge in [-0.3, -0.25) is 4.79 Å². The van der Waals surface area contributed by atoms with E-state index in [0.717, 1.165) is 43.3 Å². The Balaban J connectivity index is 1.28. The molecule has 5 rings (SSSR count). The highest BCUT2D eigenvalue weighted by Crippen LogP contribution is 2.35. The minimum atomic E-state index is -1.05. The van der Waals surface area contributed by atoms with E-state index in [9.17, 15) is 14.7 Å². The molecule has 0 aliphatic carbocycles. The third kappa shape index (κ3) is 5.69. The second-order valence-electron chi connectivity index (χ2n) is 10.1. The molecule has 2 aliphatic rings. The monoisotopic (exact) mass is 592 g/mol. The van der Waals surface area contributed by atoms with E-state index in [2.05, 4.69) is 47.0 Å². The molecule has 0 unspecified atom stereocenters. The number of thiazole rings is 1. The molecule has 2 saturated heterocycles. The molecule has 3 aromatic rings. The van der Waals surface area contributed by atoms with Gasteiger partial charge in [0.25, 0.3) is 5.91 Å². The molecule has 0 bridgehead atoms. The third-order valence-corrected chi connectivity index (χ3v) is 9.34. The van der Waals surface area contributed by atoms with Crippen molar-refractivity contribution in [2.24, 2.45) is 5.92 Å². The van der Waals surface area contributed by atoms with Crippen molar-refractivity contribution in [2.45, 2.75) is 26.3 Å². The van der Waals surface area contributed by atoms with E-state index in [-0.39, 0.29) is 33.5 Å². The van der Waals surface area contributed by atoms with Gasteiger partial charge >= 0.3 is 5.97 Å². The summed E-state index contributed by atoms with van der Waals surface area (Å²) in [5.74, 6) is -0.499. The number of hydrogen-bond acceptors (Lipinski definition) is 9. The van der Waals surface area contributed by atoms with Crippen LogP contribution in [0, 0.1) is 12.8 Å². The highest BCUT2D eigenvalue weighted by Gasteiger charge is 2.32. The number of aryl methyl sites for hydroxylation is 1. The number of nitrogens with one attached hydrogen (secondary N) is 2. The van der Waals surface area contributed by atoms with Crippen molar-refractivity contribution in [2.75, 3.05) is 56.1 Å². The second-order valence-corrected chi connectivity index (χ2v) is 11.8. The Morgan fingerprint density at radius 1 is 1.10 bits per heavy atom. The topological polar surface area (TPSA) is 131 Å². The van der Waals surface area contributed by atoms with Crippen molar-refractivity contribution < 1.29 is 14.7 Å². The molecule has 2 atom stereocenters. The quantitative estimate of drug-likeness (QED) is 0.392. The van der Waals surface area contributed by atoms with Crippen LogP contribution in [0.1, 0.15) is 39.2 Å². The number of likely N-dealkylation sites (N-methyl/N-ethyl adjacent to an activating group) is 1. The lowest BCUT2D eigenvalue weighted by Gasteiger charge is -2.37. The second kappa shape index (κ2) is 11.3. The van der Waals surface area contributed by atoms with Crippen LogP contribution in [0.2, 0.25) is 10.0 Å². The molecular formula is C25H30Cl2N8O3S. The lowest BCUT2D eigenvalue weighted by Crippen LogP contribution is -2.50. The van der Waals surface area contributed by atoms with E-state index in [0.29, 0.717) is 46.7 Å². The molecule has 39 heavy (non-hydrogen) atoms. The van der Waals surface area contributed by atoms with Gasteiger partial charge in [-0.2, -0.15) is 0 Å². The molecule has 3 aromatic heterocycles. The first-order chi connectivity index (χ1) is 18.6. The molecule has 2 fully saturated rings. The Hall–Kier alpha value is -2.93. The van der Waals surface area contributed by atoms with E-state index in [1.165, 1.54) is 0 Å². The SMILES string of the molecule is Cc1[nH]c(C(=O)N[C@@H]2CCN(c3nc(-c4cnc(N5CCN(C)CC5)cn4)c(C(=O)O)s3)C[C@@H]2C)c(Cl)c1Cl. The lowest BCUT2D eigenvalue weighted by molar-refractivity contribution is 0.0702. The zero-order valence-electron chi connectivity index (χ0n) is 21.9. The number of amides is 1. The molecule has 0 spiro atoms. The average molecular weight is 594 g/mol. The highest BCUT2D eigenvalue weighted by molar-refractivity contribution is 7.17. The molecule has 0 saturated carbocycles. The standard InChI is InChI=1S/C25H30Cl2N8O3S/c1-13-12-35(5-4-15(13)31-23(36)21-19(27)18(26)14(2)30-21)25-32-20(22(39-25)24(37)38)16-10-29-17(11-28-16)34-8-6-33(3)7-9-34/h10-11,13,15,30H,4-9,12H2,1-3H3,(H,31,36)(H,37,38)/t13-,15+/m0/s1. The predicted octanol–water partition coefficient (Wildman–Crippen LogP) is 3.64. The van der Waals surface area contributed by atoms with Gasteiger partial charge in [0.15, 0.2) is 5.13 Å². The van der Waals surface area contributed by atoms with Crippen LogP contribution in [-0.2, 0) is 0 Å². The summed E-state index contributed by atoms with van der Waals surface area (Å²) in [5, 5.41) is 14.1. The Labute approximate surface area is 240 Å². The first kappa shape index (κ1) is 27.6. The van der Waals surface area contributed by atoms with Gasteiger partial charge in [-0.1, -0.05) is 41.5 Å². The first-order valence-electron chi connectivity index (χ1n) is 12.7. The number of rotatable bonds is 6. The molecule has 3 N–H and O–H groups in total. The number of hydrogen-bond donors (Lipinski definition) is 3. The number of anilines is 2. The summed E-state index contributed by atoms with van der Waals surface area (Å²) < 4.78 is 0. The number of carboxylic acids is 1. The van der Waals surface area contributed by atoms with Crippen LogP contribution in [-0.4, -0.2) is 94.2 Å². The number of piperidine rings is 1. The largest absolute Gasteiger partial charge is 0.477 e. The molecule has 0 radical (unpaired) electrons. The van der Waals surface area contributed by atoms with Crippen molar-refractivity contribution in [3.63, 3.8) is 0 Å². The smallest absolute Gasteiger partial charge is 0.348 e. The molecule has 1 amide bonds. The van der Waals surface area contributed by atoms with Crippen LogP contribution >= 0.6 is 34.5 Å². The van der Waals surface area contributed by atoms with E-state index >= 15 is 0 Å². The molecule has 5 heterocycles. The van der Waals surface area contributed by atoms with Crippen LogP contribution < -0.4 is 15.1 Å². The Bertz CT molecular complexity index is 1370. The summed E-state index contributed by atoms with van der Waals surface area (Å²) >= 11 is 13.5. The van der Waals surface area contributed by atoms with Crippen LogP contribution in [0.3, 0.4) is 0 Å². The molecular weight excluding hydrogens is 563 g/mol. The van der Waals surface area contributed by atoms with Crippen LogP contribution in [0.4, 0.5) is 10.9 Å². The maximum absolute atomic E-state index is 12.8. The zero-order chi connectivity index (χ0) is 27.8. The van der Waals surface area contributed by atoms with Gasteiger partial charge in [-0.05, 0) is 26.3 Å². The maximum Gasteiger partial charge on any atom is 0.348 e. The minimum Gasteiger partial charge on any atom is -0.477 e. The number of aromatic carboxylic acids is 1. The summed E-state index contributed by atoms with van der Waals surface area (Å²) in [7, 11) is 2.09. The van der Waals surface area contributed by atoms with Gasteiger partial charge in [-0.15, -0.1) is 0 Å². The minimum absolute atomic E-state index is 0.0799. The zero-order valence-corrected chi connectivity index (χ0v) is 24.2. The number of carbonyl (C=O) groups excluding carboxylic acids is 1. The van der Waals surface area contributed by atoms with E-state index in [4.69, 9.17) is 23.2 Å². The molecule has 208 valence electrons. The first-order valence-corrected chi connectivity index (χ1v) is 14.3. The Kier molecular flexibility index (Phi) is 7.99. The molecule has 2 aliphatic heterocycles. The fourth-order valence-electron chi connectivity index (χ4n) is 4.91. The van der Waals surface area contributed by atoms with E-state index in [1.54, 1.807) is 19.3 Å². The van der Waals surface area contributed by atoms with E-state index in [1.807, 2.05) is 6.92 Å². The number of nitrogens with zero attached hydrogens (tertiary/aromatic N) is 6. The van der Waals surface area contributed by atoms with Gasteiger partial charge in [0.2, 0.25) is 0 Å². The fourth-order valence-corrected chi connectivity index (χ4v) is 6.27. The van der Waals surface area contributed by atoms with Gasteiger partial charge in [0, 0.05) is 51.0 Å². The Morgan fingerprint density at radius 2 is 1.85 bits per heavy atom. The van der Waals surface area contributed by atoms with Crippen molar-refractivity contribution in [3.8, 4) is 11.4 Å². The highest BCUT2D eigenvalue weighted by atomic mass is 35.5. The number of piperazine rings is 1. The summed E-state index contributed by atoms with van der Waals surface area (Å²) in [5.41, 5.74) is 1.64. The number of H-pyrrole nitrogens is 1. The van der Waals surface area contributed by atoms with Crippen molar-refractivity contribution in [1.82, 2.24) is 30.2 Å². The molecule has 11 nitrogen and oxygen atoms in total. The fraction of sp³-hybridized carbons (Fsp3) is 0.480. The molecule has 14 heteroatoms. The number of carbonyl (C=O) groups is 2. The lowest BCUT2D eigenvalue weighted by atomic mass is 9.94. The van der Waals surface area contributed by atoms with E-state index < -0.39 is 5.97 Å². The maximum atomic E-state index is 12.8. The predicted molar refractivity (Wildman–Crippen MR) is 153 cm³/mol. The Morgan fingerprint density at radius 3 is 2.44 bits per heavy atom. The molecule has 0 aromatic carbocycles. The number of aromatic amines is 1. The van der Waals surface area contributed by atoms with Crippen molar-refractivity contribution >= 4 is 57.4 Å². The van der Waals surface area contributed by atoms with Crippen molar-refractivity contribution in [1.29, 1.82) is 0 Å². The normalized spacial score (nSPS) is 20.3. The van der Waals surface area contributed by atoms with Gasteiger partial charge < -0.3 is 30.1 Å². The summed E-state index contributed by atoms with van der Waals surface area (Å²) in [6.45, 7) is 8.64. The van der Waals surface area contributed by atoms with Gasteiger partial charge in [0.1, 0.15) is 27.8 Å². The van der Waals surface area contributed by atoms with Gasteiger partial charge in [0.05, 0.1) is 22.4 Å². The van der Waals surface area contributed by atoms with Crippen LogP contribution in [0.25, 0.3) is 11.4 Å². The van der Waals surface area contributed by atoms with Gasteiger partial charge in [-0.25, -0.2) is 19.7 Å². The summed E-state index contributed by atoms with van der Waals surface area (Å²) in [4.78, 5) is 48.2. The third-order valence-electron chi connectivity index (χ3n) is 7.29. The number of halogens is 2. The van der Waals surface area contributed by atoms with Crippen molar-refractivity contribution in [3.05, 3.63) is 38.7 Å². The summed E-state index contributed by atoms with van der Waals surface area (Å²) in [6, 6.07) is -0.0847. The summed E-state index contributed by atoms with van der Waals surface area (Å²) in [6.07, 6.45) is 3.95. The van der Waals surface area contributed by atoms with Crippen LogP contribution in [0.15, 0.2) is 12.4 Å². The van der Waals surface area contributed by atoms with Crippen LogP contribution in [0.5, 0.6) is 0 Å². The average Bonchev–Trinajstić information content (AvgIpc) is 3.48. The number of aromatic nitrogens is 4.